The van der Waals surface area contributed by atoms with E-state index >= 15 is 0 Å². The summed E-state index contributed by atoms with van der Waals surface area (Å²) in [6.07, 6.45) is 0. The van der Waals surface area contributed by atoms with Crippen molar-refractivity contribution in [3.05, 3.63) is 72.6 Å². The van der Waals surface area contributed by atoms with Crippen LogP contribution in [0.4, 0.5) is 16.3 Å². The van der Waals surface area contributed by atoms with Crippen molar-refractivity contribution in [2.24, 2.45) is 11.7 Å². The third kappa shape index (κ3) is 5.52. The highest BCUT2D eigenvalue weighted by Gasteiger charge is 2.24. The van der Waals surface area contributed by atoms with Crippen molar-refractivity contribution < 1.29 is 9.59 Å². The van der Waals surface area contributed by atoms with Gasteiger partial charge in [0.15, 0.2) is 0 Å². The molecule has 4 aromatic rings. The zero-order chi connectivity index (χ0) is 26.6. The summed E-state index contributed by atoms with van der Waals surface area (Å²) in [5.41, 5.74) is 7.26. The molecule has 5 rings (SSSR count). The average molecular weight is 512 g/mol. The first-order chi connectivity index (χ1) is 18.4. The number of anilines is 2. The van der Waals surface area contributed by atoms with E-state index in [4.69, 9.17) is 15.7 Å². The smallest absolute Gasteiger partial charge is 0.321 e. The molecule has 0 bridgehead atoms. The van der Waals surface area contributed by atoms with Gasteiger partial charge in [0.05, 0.1) is 17.7 Å². The predicted molar refractivity (Wildman–Crippen MR) is 151 cm³/mol. The van der Waals surface area contributed by atoms with Crippen LogP contribution in [0, 0.1) is 5.92 Å². The number of hydrogen-bond acceptors (Lipinski definition) is 6. The first-order valence-electron chi connectivity index (χ1n) is 13.0. The molecule has 1 aromatic heterocycles. The Hall–Kier alpha value is -4.24. The Morgan fingerprint density at radius 3 is 2.32 bits per heavy atom. The number of amides is 3. The molecule has 9 nitrogen and oxygen atoms in total. The van der Waals surface area contributed by atoms with Gasteiger partial charge in [-0.2, -0.15) is 0 Å². The van der Waals surface area contributed by atoms with Crippen LogP contribution in [0.25, 0.3) is 21.7 Å². The molecule has 9 heteroatoms. The summed E-state index contributed by atoms with van der Waals surface area (Å²) in [7, 11) is 0. The van der Waals surface area contributed by atoms with Crippen LogP contribution in [0.2, 0.25) is 0 Å². The molecular formula is C29H33N7O2. The molecule has 2 heterocycles. The van der Waals surface area contributed by atoms with Gasteiger partial charge in [-0.3, -0.25) is 9.69 Å². The molecule has 0 aliphatic carbocycles. The molecule has 0 radical (unpaired) electrons. The number of urea groups is 1. The van der Waals surface area contributed by atoms with E-state index in [0.717, 1.165) is 27.4 Å². The summed E-state index contributed by atoms with van der Waals surface area (Å²) in [5, 5.41) is 9.29. The fourth-order valence-corrected chi connectivity index (χ4v) is 4.86. The Morgan fingerprint density at radius 2 is 1.58 bits per heavy atom. The zero-order valence-corrected chi connectivity index (χ0v) is 21.7. The number of carbonyl (C=O) groups excluding carboxylic acids is 2. The number of nitrogens with two attached hydrogens (primary N) is 1. The maximum absolute atomic E-state index is 13.0. The summed E-state index contributed by atoms with van der Waals surface area (Å²) in [6, 6.07) is 21.0. The van der Waals surface area contributed by atoms with Crippen molar-refractivity contribution in [2.45, 2.75) is 26.4 Å². The van der Waals surface area contributed by atoms with Crippen LogP contribution in [0.5, 0.6) is 0 Å². The predicted octanol–water partition coefficient (Wildman–Crippen LogP) is 4.05. The minimum absolute atomic E-state index is 0.0118. The highest BCUT2D eigenvalue weighted by Crippen LogP contribution is 2.25. The number of fused-ring (bicyclic) bond motifs is 2. The van der Waals surface area contributed by atoms with E-state index in [0.29, 0.717) is 44.4 Å². The van der Waals surface area contributed by atoms with E-state index in [1.54, 1.807) is 0 Å². The van der Waals surface area contributed by atoms with Gasteiger partial charge in [-0.1, -0.05) is 62.4 Å². The van der Waals surface area contributed by atoms with Crippen LogP contribution < -0.4 is 16.4 Å². The normalized spacial score (nSPS) is 15.1. The molecule has 1 saturated heterocycles. The number of carbonyl (C=O) groups is 2. The number of benzene rings is 3. The molecule has 1 aliphatic rings. The first-order valence-corrected chi connectivity index (χ1v) is 13.0. The summed E-state index contributed by atoms with van der Waals surface area (Å²) in [5.74, 6) is 0.864. The van der Waals surface area contributed by atoms with Gasteiger partial charge in [-0.05, 0) is 29.5 Å². The van der Waals surface area contributed by atoms with Crippen molar-refractivity contribution in [3.8, 4) is 0 Å². The van der Waals surface area contributed by atoms with Gasteiger partial charge in [0.25, 0.3) is 0 Å². The van der Waals surface area contributed by atoms with Gasteiger partial charge >= 0.3 is 6.03 Å². The Kier molecular flexibility index (Phi) is 7.37. The lowest BCUT2D eigenvalue weighted by Gasteiger charge is -2.34. The molecule has 4 N–H and O–H groups in total. The van der Waals surface area contributed by atoms with Crippen LogP contribution in [0.3, 0.4) is 0 Å². The van der Waals surface area contributed by atoms with E-state index in [2.05, 4.69) is 15.5 Å². The van der Waals surface area contributed by atoms with Gasteiger partial charge in [0, 0.05) is 37.0 Å². The molecule has 3 aromatic carbocycles. The number of piperazine rings is 1. The summed E-state index contributed by atoms with van der Waals surface area (Å²) < 4.78 is 0. The lowest BCUT2D eigenvalue weighted by Crippen LogP contribution is -2.49. The number of nitrogens with zero attached hydrogens (tertiary/aromatic N) is 4. The van der Waals surface area contributed by atoms with Crippen molar-refractivity contribution in [1.82, 2.24) is 19.8 Å². The molecule has 3 amide bonds. The minimum Gasteiger partial charge on any atom is -0.368 e. The van der Waals surface area contributed by atoms with Crippen LogP contribution in [0.1, 0.15) is 19.7 Å². The third-order valence-corrected chi connectivity index (χ3v) is 6.97. The van der Waals surface area contributed by atoms with Crippen LogP contribution >= 0.6 is 0 Å². The molecular weight excluding hydrogens is 478 g/mol. The number of aromatic nitrogens is 2. The first kappa shape index (κ1) is 25.4. The highest BCUT2D eigenvalue weighted by atomic mass is 16.2. The largest absolute Gasteiger partial charge is 0.368 e. The third-order valence-electron chi connectivity index (χ3n) is 6.97. The Balaban J connectivity index is 1.25. The Bertz CT molecular complexity index is 1460. The van der Waals surface area contributed by atoms with E-state index in [9.17, 15) is 9.59 Å². The Morgan fingerprint density at radius 1 is 0.895 bits per heavy atom. The van der Waals surface area contributed by atoms with Gasteiger partial charge < -0.3 is 21.3 Å². The molecule has 0 spiro atoms. The van der Waals surface area contributed by atoms with Crippen molar-refractivity contribution in [2.75, 3.05) is 36.8 Å². The van der Waals surface area contributed by atoms with Crippen LogP contribution in [-0.2, 0) is 11.3 Å². The van der Waals surface area contributed by atoms with Gasteiger partial charge in [0.1, 0.15) is 17.7 Å². The molecule has 0 saturated carbocycles. The number of para-hydroxylation sites is 1. The minimum atomic E-state index is -0.537. The second-order valence-corrected chi connectivity index (χ2v) is 9.99. The molecule has 1 aliphatic heterocycles. The molecule has 0 unspecified atom stereocenters. The van der Waals surface area contributed by atoms with Crippen molar-refractivity contribution in [3.63, 3.8) is 0 Å². The molecule has 38 heavy (non-hydrogen) atoms. The lowest BCUT2D eigenvalue weighted by molar-refractivity contribution is -0.119. The van der Waals surface area contributed by atoms with Gasteiger partial charge in [-0.15, -0.1) is 0 Å². The van der Waals surface area contributed by atoms with E-state index < -0.39 is 11.9 Å². The second-order valence-electron chi connectivity index (χ2n) is 9.99. The summed E-state index contributed by atoms with van der Waals surface area (Å²) >= 11 is 0. The lowest BCUT2D eigenvalue weighted by atomic mass is 10.0. The summed E-state index contributed by atoms with van der Waals surface area (Å²) in [6.45, 7) is 7.06. The SMILES string of the molecule is CC(C)[C@H](Nc1nc(CN2CCN(C(=O)Nc3cccc4ccccc34)CC2)nc2ccccc12)C(N)=O. The number of hydrogen-bond donors (Lipinski definition) is 3. The van der Waals surface area contributed by atoms with E-state index in [1.807, 2.05) is 85.5 Å². The average Bonchev–Trinajstić information content (AvgIpc) is 2.92. The maximum Gasteiger partial charge on any atom is 0.321 e. The van der Waals surface area contributed by atoms with Crippen molar-refractivity contribution in [1.29, 1.82) is 0 Å². The molecule has 196 valence electrons. The highest BCUT2D eigenvalue weighted by molar-refractivity contribution is 6.01. The van der Waals surface area contributed by atoms with Crippen LogP contribution in [0.15, 0.2) is 66.7 Å². The molecule has 1 atom stereocenters. The second kappa shape index (κ2) is 11.0. The fourth-order valence-electron chi connectivity index (χ4n) is 4.86. The van der Waals surface area contributed by atoms with Gasteiger partial charge in [0.2, 0.25) is 5.91 Å². The van der Waals surface area contributed by atoms with E-state index in [-0.39, 0.29) is 11.9 Å². The number of rotatable bonds is 7. The summed E-state index contributed by atoms with van der Waals surface area (Å²) in [4.78, 5) is 38.6. The topological polar surface area (TPSA) is 116 Å². The standard InChI is InChI=1S/C29H33N7O2/c1-19(2)26(27(30)37)34-28-22-11-5-6-12-24(22)31-25(33-28)18-35-14-16-36(17-15-35)29(38)32-23-13-7-9-20-8-3-4-10-21(20)23/h3-13,19,26H,14-18H2,1-2H3,(H2,30,37)(H,32,38)(H,31,33,34)/t26-/m0/s1. The number of primary amides is 1. The van der Waals surface area contributed by atoms with Crippen molar-refractivity contribution >= 4 is 45.1 Å². The Labute approximate surface area is 222 Å². The molecule has 1 fully saturated rings. The van der Waals surface area contributed by atoms with Gasteiger partial charge in [-0.25, -0.2) is 14.8 Å². The fraction of sp³-hybridized carbons (Fsp3) is 0.310. The van der Waals surface area contributed by atoms with E-state index in [1.165, 1.54) is 0 Å². The maximum atomic E-state index is 13.0. The number of nitrogens with one attached hydrogen (secondary N) is 2. The monoisotopic (exact) mass is 511 g/mol. The quantitative estimate of drug-likeness (QED) is 0.345. The van der Waals surface area contributed by atoms with Crippen LogP contribution in [-0.4, -0.2) is 63.9 Å². The zero-order valence-electron chi connectivity index (χ0n) is 21.7.